The minimum Gasteiger partial charge on any atom is -0.208 e. The quantitative estimate of drug-likeness (QED) is 0.142. The van der Waals surface area contributed by atoms with Gasteiger partial charge in [0.25, 0.3) is 0 Å². The molecule has 0 saturated carbocycles. The Morgan fingerprint density at radius 2 is 0.618 bits per heavy atom. The van der Waals surface area contributed by atoms with E-state index in [1.54, 1.807) is 0 Å². The molecule has 0 bridgehead atoms. The zero-order chi connectivity index (χ0) is 50.5. The van der Waals surface area contributed by atoms with Crippen LogP contribution in [0.15, 0.2) is 267 Å². The fourth-order valence-corrected chi connectivity index (χ4v) is 11.4. The first-order valence-corrected chi connectivity index (χ1v) is 25.6. The number of rotatable bonds is 8. The average Bonchev–Trinajstić information content (AvgIpc) is 3.51. The van der Waals surface area contributed by atoms with Crippen LogP contribution in [0.1, 0.15) is 5.56 Å². The van der Waals surface area contributed by atoms with E-state index in [0.717, 1.165) is 72.3 Å². The summed E-state index contributed by atoms with van der Waals surface area (Å²) in [6.45, 7) is 0. The second-order valence-electron chi connectivity index (χ2n) is 19.3. The molecule has 0 saturated heterocycles. The van der Waals surface area contributed by atoms with Crippen molar-refractivity contribution in [3.05, 3.63) is 272 Å². The van der Waals surface area contributed by atoms with E-state index in [1.165, 1.54) is 53.9 Å². The second kappa shape index (κ2) is 18.6. The lowest BCUT2D eigenvalue weighted by molar-refractivity contribution is 1.07. The Morgan fingerprint density at radius 1 is 0.224 bits per heavy atom. The first-order chi connectivity index (χ1) is 37.6. The third-order valence-corrected chi connectivity index (χ3v) is 14.9. The summed E-state index contributed by atoms with van der Waals surface area (Å²) in [5.74, 6) is 1.78. The molecule has 352 valence electrons. The van der Waals surface area contributed by atoms with Crippen LogP contribution < -0.4 is 0 Å². The van der Waals surface area contributed by atoms with Crippen molar-refractivity contribution in [2.24, 2.45) is 0 Å². The van der Waals surface area contributed by atoms with Gasteiger partial charge in [0, 0.05) is 22.3 Å². The van der Waals surface area contributed by atoms with Crippen molar-refractivity contribution in [1.29, 1.82) is 5.26 Å². The van der Waals surface area contributed by atoms with Crippen molar-refractivity contribution in [3.8, 4) is 95.9 Å². The molecule has 0 amide bonds. The van der Waals surface area contributed by atoms with Crippen LogP contribution in [0.5, 0.6) is 0 Å². The van der Waals surface area contributed by atoms with Crippen molar-refractivity contribution in [1.82, 2.24) is 15.0 Å². The van der Waals surface area contributed by atoms with Gasteiger partial charge in [0.1, 0.15) is 0 Å². The van der Waals surface area contributed by atoms with Crippen molar-refractivity contribution in [2.75, 3.05) is 0 Å². The fraction of sp³-hybridized carbons (Fsp3) is 0. The van der Waals surface area contributed by atoms with E-state index in [2.05, 4.69) is 237 Å². The van der Waals surface area contributed by atoms with Crippen LogP contribution in [0.4, 0.5) is 0 Å². The van der Waals surface area contributed by atoms with E-state index in [0.29, 0.717) is 23.0 Å². The SMILES string of the molecule is N#Cc1ccc(-c2ccccc2-c2cccc(-c3nc(-c4ccccc4)nc(-c4cccc(-c5cc6ccccc6c6ccccc56)c4)n3)c2)cc1-c1ccccc1-c1ccc2c3ccccc3c3ccccc3c2c1. The summed E-state index contributed by atoms with van der Waals surface area (Å²) in [5.41, 5.74) is 13.7. The molecule has 14 rings (SSSR count). The Labute approximate surface area is 440 Å². The lowest BCUT2D eigenvalue weighted by Crippen LogP contribution is -2.00. The van der Waals surface area contributed by atoms with Crippen molar-refractivity contribution >= 4 is 53.9 Å². The van der Waals surface area contributed by atoms with Crippen LogP contribution in [0.3, 0.4) is 0 Å². The molecule has 13 aromatic carbocycles. The predicted molar refractivity (Wildman–Crippen MR) is 316 cm³/mol. The Hall–Kier alpha value is -10.3. The molecule has 0 radical (unpaired) electrons. The highest BCUT2D eigenvalue weighted by Crippen LogP contribution is 2.43. The van der Waals surface area contributed by atoms with E-state index in [-0.39, 0.29) is 0 Å². The van der Waals surface area contributed by atoms with Crippen molar-refractivity contribution < 1.29 is 0 Å². The molecule has 0 unspecified atom stereocenters. The van der Waals surface area contributed by atoms with Crippen LogP contribution in [0.25, 0.3) is 144 Å². The molecular formula is C72H44N4. The molecule has 4 nitrogen and oxygen atoms in total. The minimum absolute atomic E-state index is 0.580. The number of benzene rings is 13. The number of hydrogen-bond donors (Lipinski definition) is 0. The van der Waals surface area contributed by atoms with Crippen LogP contribution in [-0.2, 0) is 0 Å². The Morgan fingerprint density at radius 3 is 1.22 bits per heavy atom. The maximum atomic E-state index is 10.7. The van der Waals surface area contributed by atoms with Crippen LogP contribution >= 0.6 is 0 Å². The first kappa shape index (κ1) is 44.4. The van der Waals surface area contributed by atoms with Gasteiger partial charge >= 0.3 is 0 Å². The van der Waals surface area contributed by atoms with Gasteiger partial charge in [-0.15, -0.1) is 0 Å². The summed E-state index contributed by atoms with van der Waals surface area (Å²) in [6, 6.07) is 96.5. The summed E-state index contributed by atoms with van der Waals surface area (Å²) in [4.78, 5) is 15.6. The summed E-state index contributed by atoms with van der Waals surface area (Å²) in [5, 5.41) is 22.9. The van der Waals surface area contributed by atoms with Gasteiger partial charge in [0.2, 0.25) is 0 Å². The standard InChI is InChI=1S/C72H44N4/c73-45-54-37-36-50(43-68(54)60-30-9-8-28-58(60)51-38-39-66-63-33-12-11-31-61(63)62-32-13-15-35-65(62)69(66)44-51)56-26-7-6-25-55(56)47-21-16-23-52(40-47)71-74-70(46-18-2-1-3-19-46)75-72(76-71)53-24-17-22-48(41-53)67-42-49-20-4-5-27-57(49)59-29-10-14-34-64(59)67/h1-44H. The van der Waals surface area contributed by atoms with Crippen molar-refractivity contribution in [2.45, 2.75) is 0 Å². The van der Waals surface area contributed by atoms with Gasteiger partial charge in [-0.1, -0.05) is 231 Å². The summed E-state index contributed by atoms with van der Waals surface area (Å²) < 4.78 is 0. The molecular weight excluding hydrogens is 921 g/mol. The molecule has 76 heavy (non-hydrogen) atoms. The average molecular weight is 965 g/mol. The molecule has 1 heterocycles. The monoisotopic (exact) mass is 964 g/mol. The van der Waals surface area contributed by atoms with Crippen molar-refractivity contribution in [3.63, 3.8) is 0 Å². The van der Waals surface area contributed by atoms with E-state index in [9.17, 15) is 5.26 Å². The van der Waals surface area contributed by atoms with Gasteiger partial charge in [-0.05, 0) is 140 Å². The van der Waals surface area contributed by atoms with E-state index < -0.39 is 0 Å². The second-order valence-corrected chi connectivity index (χ2v) is 19.3. The van der Waals surface area contributed by atoms with Crippen LogP contribution in [0.2, 0.25) is 0 Å². The normalized spacial score (nSPS) is 11.4. The Bertz CT molecular complexity index is 4630. The number of hydrogen-bond acceptors (Lipinski definition) is 4. The van der Waals surface area contributed by atoms with Gasteiger partial charge in [0.15, 0.2) is 17.5 Å². The van der Waals surface area contributed by atoms with Gasteiger partial charge in [0.05, 0.1) is 11.6 Å². The Kier molecular flexibility index (Phi) is 10.9. The molecule has 14 aromatic rings. The van der Waals surface area contributed by atoms with Gasteiger partial charge in [-0.2, -0.15) is 5.26 Å². The highest BCUT2D eigenvalue weighted by Gasteiger charge is 2.19. The maximum absolute atomic E-state index is 10.7. The highest BCUT2D eigenvalue weighted by molar-refractivity contribution is 6.26. The first-order valence-electron chi connectivity index (χ1n) is 25.6. The zero-order valence-corrected chi connectivity index (χ0v) is 41.2. The minimum atomic E-state index is 0.580. The highest BCUT2D eigenvalue weighted by atomic mass is 15.0. The maximum Gasteiger partial charge on any atom is 0.164 e. The van der Waals surface area contributed by atoms with E-state index >= 15 is 0 Å². The molecule has 4 heteroatoms. The Balaban J connectivity index is 0.860. The molecule has 0 aliphatic heterocycles. The summed E-state index contributed by atoms with van der Waals surface area (Å²) >= 11 is 0. The molecule has 1 aromatic heterocycles. The topological polar surface area (TPSA) is 62.5 Å². The predicted octanol–water partition coefficient (Wildman–Crippen LogP) is 18.8. The van der Waals surface area contributed by atoms with Gasteiger partial charge < -0.3 is 0 Å². The summed E-state index contributed by atoms with van der Waals surface area (Å²) in [6.07, 6.45) is 0. The lowest BCUT2D eigenvalue weighted by atomic mass is 9.87. The molecule has 0 atom stereocenters. The number of nitriles is 1. The van der Waals surface area contributed by atoms with E-state index in [1.807, 2.05) is 36.4 Å². The number of aromatic nitrogens is 3. The number of fused-ring (bicyclic) bond motifs is 9. The molecule has 0 N–H and O–H groups in total. The largest absolute Gasteiger partial charge is 0.208 e. The molecule has 0 spiro atoms. The molecule has 0 aliphatic rings. The van der Waals surface area contributed by atoms with Crippen LogP contribution in [0, 0.1) is 11.3 Å². The zero-order valence-electron chi connectivity index (χ0n) is 41.2. The third kappa shape index (κ3) is 7.74. The molecule has 0 aliphatic carbocycles. The van der Waals surface area contributed by atoms with Gasteiger partial charge in [-0.25, -0.2) is 15.0 Å². The lowest BCUT2D eigenvalue weighted by Gasteiger charge is -2.16. The third-order valence-electron chi connectivity index (χ3n) is 14.9. The van der Waals surface area contributed by atoms with Crippen LogP contribution in [-0.4, -0.2) is 15.0 Å². The fourth-order valence-electron chi connectivity index (χ4n) is 11.4. The van der Waals surface area contributed by atoms with Gasteiger partial charge in [-0.3, -0.25) is 0 Å². The molecule has 0 fully saturated rings. The van der Waals surface area contributed by atoms with E-state index in [4.69, 9.17) is 15.0 Å². The summed E-state index contributed by atoms with van der Waals surface area (Å²) in [7, 11) is 0. The smallest absolute Gasteiger partial charge is 0.164 e. The number of nitrogens with zero attached hydrogens (tertiary/aromatic N) is 4.